The fourth-order valence-electron chi connectivity index (χ4n) is 5.19. The molecule has 0 aliphatic heterocycles. The molecule has 0 radical (unpaired) electrons. The van der Waals surface area contributed by atoms with Crippen LogP contribution < -0.4 is 19.1 Å². The van der Waals surface area contributed by atoms with Crippen molar-refractivity contribution in [1.82, 2.24) is 10.2 Å². The summed E-state index contributed by atoms with van der Waals surface area (Å²) in [4.78, 5) is 30.2. The predicted octanol–water partition coefficient (Wildman–Crippen LogP) is 5.76. The van der Waals surface area contributed by atoms with Gasteiger partial charge < -0.3 is 19.7 Å². The van der Waals surface area contributed by atoms with E-state index in [4.69, 9.17) is 9.47 Å². The van der Waals surface area contributed by atoms with E-state index in [2.05, 4.69) is 5.32 Å². The molecule has 0 unspecified atom stereocenters. The SMILES string of the molecule is CC[C@H](C)NC(=O)[C@H](Cc1ccccc1)N(Cc1ccccc1C)C(=O)CN(c1cc(OC)ccc1OC)S(=O)(=O)c1ccccc1. The number of nitrogens with one attached hydrogen (secondary N) is 1. The average Bonchev–Trinajstić information content (AvgIpc) is 3.09. The first-order chi connectivity index (χ1) is 22.6. The zero-order chi connectivity index (χ0) is 34.0. The highest BCUT2D eigenvalue weighted by Crippen LogP contribution is 2.36. The molecule has 0 spiro atoms. The molecule has 2 amide bonds. The van der Waals surface area contributed by atoms with Gasteiger partial charge in [0.05, 0.1) is 24.8 Å². The van der Waals surface area contributed by atoms with Crippen LogP contribution in [0.25, 0.3) is 0 Å². The first-order valence-corrected chi connectivity index (χ1v) is 17.0. The number of rotatable bonds is 15. The van der Waals surface area contributed by atoms with Gasteiger partial charge in [0.25, 0.3) is 10.0 Å². The number of anilines is 1. The molecule has 9 nitrogen and oxygen atoms in total. The number of carbonyl (C=O) groups excluding carboxylic acids is 2. The van der Waals surface area contributed by atoms with Crippen molar-refractivity contribution in [3.8, 4) is 11.5 Å². The Hall–Kier alpha value is -4.83. The van der Waals surface area contributed by atoms with Crippen molar-refractivity contribution >= 4 is 27.5 Å². The number of amides is 2. The number of aryl methyl sites for hydroxylation is 1. The van der Waals surface area contributed by atoms with Crippen molar-refractivity contribution < 1.29 is 27.5 Å². The largest absolute Gasteiger partial charge is 0.497 e. The molecule has 0 heterocycles. The first kappa shape index (κ1) is 35.0. The van der Waals surface area contributed by atoms with Crippen LogP contribution in [0.15, 0.2) is 108 Å². The van der Waals surface area contributed by atoms with E-state index in [9.17, 15) is 18.0 Å². The summed E-state index contributed by atoms with van der Waals surface area (Å²) in [7, 11) is -1.40. The van der Waals surface area contributed by atoms with E-state index >= 15 is 0 Å². The predicted molar refractivity (Wildman–Crippen MR) is 184 cm³/mol. The van der Waals surface area contributed by atoms with Gasteiger partial charge in [0.1, 0.15) is 24.1 Å². The maximum Gasteiger partial charge on any atom is 0.264 e. The highest BCUT2D eigenvalue weighted by Gasteiger charge is 2.36. The number of sulfonamides is 1. The molecule has 4 rings (SSSR count). The Morgan fingerprint density at radius 3 is 2.11 bits per heavy atom. The molecule has 4 aromatic rings. The second-order valence-electron chi connectivity index (χ2n) is 11.3. The van der Waals surface area contributed by atoms with E-state index in [1.807, 2.05) is 75.4 Å². The van der Waals surface area contributed by atoms with Crippen molar-refractivity contribution in [2.45, 2.75) is 57.1 Å². The highest BCUT2D eigenvalue weighted by atomic mass is 32.2. The number of hydrogen-bond donors (Lipinski definition) is 1. The third-order valence-corrected chi connectivity index (χ3v) is 9.91. The smallest absolute Gasteiger partial charge is 0.264 e. The summed E-state index contributed by atoms with van der Waals surface area (Å²) in [6.07, 6.45) is 0.933. The molecule has 0 fully saturated rings. The monoisotopic (exact) mass is 657 g/mol. The van der Waals surface area contributed by atoms with E-state index in [0.717, 1.165) is 21.0 Å². The Labute approximate surface area is 278 Å². The summed E-state index contributed by atoms with van der Waals surface area (Å²) >= 11 is 0. The van der Waals surface area contributed by atoms with Crippen molar-refractivity contribution in [2.24, 2.45) is 0 Å². The summed E-state index contributed by atoms with van der Waals surface area (Å²) in [6, 6.07) is 28.7. The lowest BCUT2D eigenvalue weighted by Gasteiger charge is -2.35. The summed E-state index contributed by atoms with van der Waals surface area (Å²) in [6.45, 7) is 5.31. The van der Waals surface area contributed by atoms with Gasteiger partial charge in [0, 0.05) is 25.1 Å². The lowest BCUT2D eigenvalue weighted by atomic mass is 10.0. The second-order valence-corrected chi connectivity index (χ2v) is 13.2. The van der Waals surface area contributed by atoms with Crippen molar-refractivity contribution in [3.05, 3.63) is 120 Å². The van der Waals surface area contributed by atoms with Gasteiger partial charge >= 0.3 is 0 Å². The van der Waals surface area contributed by atoms with E-state index < -0.39 is 28.5 Å². The fraction of sp³-hybridized carbons (Fsp3) is 0.297. The van der Waals surface area contributed by atoms with Crippen LogP contribution >= 0.6 is 0 Å². The number of hydrogen-bond acceptors (Lipinski definition) is 6. The Morgan fingerprint density at radius 1 is 0.851 bits per heavy atom. The number of methoxy groups -OCH3 is 2. The van der Waals surface area contributed by atoms with E-state index in [0.29, 0.717) is 12.2 Å². The van der Waals surface area contributed by atoms with Gasteiger partial charge in [-0.25, -0.2) is 8.42 Å². The minimum absolute atomic E-state index is 0.00141. The third kappa shape index (κ3) is 8.71. The lowest BCUT2D eigenvalue weighted by molar-refractivity contribution is -0.140. The lowest BCUT2D eigenvalue weighted by Crippen LogP contribution is -2.54. The van der Waals surface area contributed by atoms with Crippen molar-refractivity contribution in [3.63, 3.8) is 0 Å². The molecule has 248 valence electrons. The van der Waals surface area contributed by atoms with Gasteiger partial charge in [-0.3, -0.25) is 13.9 Å². The Kier molecular flexibility index (Phi) is 12.0. The quantitative estimate of drug-likeness (QED) is 0.174. The van der Waals surface area contributed by atoms with Crippen LogP contribution in [0.4, 0.5) is 5.69 Å². The molecule has 0 aromatic heterocycles. The molecule has 0 aliphatic carbocycles. The molecule has 2 atom stereocenters. The normalized spacial score (nSPS) is 12.4. The van der Waals surface area contributed by atoms with E-state index in [-0.39, 0.29) is 41.2 Å². The summed E-state index contributed by atoms with van der Waals surface area (Å²) in [5, 5.41) is 3.06. The van der Waals surface area contributed by atoms with Crippen molar-refractivity contribution in [1.29, 1.82) is 0 Å². The van der Waals surface area contributed by atoms with Crippen LogP contribution in [0, 0.1) is 6.92 Å². The molecular formula is C37H43N3O6S. The van der Waals surface area contributed by atoms with Crippen LogP contribution in [-0.4, -0.2) is 58.0 Å². The molecule has 10 heteroatoms. The summed E-state index contributed by atoms with van der Waals surface area (Å²) < 4.78 is 40.7. The minimum atomic E-state index is -4.30. The second kappa shape index (κ2) is 16.1. The molecular weight excluding hydrogens is 614 g/mol. The minimum Gasteiger partial charge on any atom is -0.497 e. The van der Waals surface area contributed by atoms with Gasteiger partial charge in [-0.2, -0.15) is 0 Å². The Bertz CT molecular complexity index is 1750. The number of ether oxygens (including phenoxy) is 2. The van der Waals surface area contributed by atoms with Crippen LogP contribution in [0.2, 0.25) is 0 Å². The van der Waals surface area contributed by atoms with E-state index in [1.54, 1.807) is 30.3 Å². The maximum absolute atomic E-state index is 14.7. The standard InChI is InChI=1S/C37H43N3O6S/c1-6-28(3)38-37(42)34(23-29-16-9-7-10-17-29)39(25-30-18-14-13-15-27(30)2)36(41)26-40(47(43,44)32-19-11-8-12-20-32)33-24-31(45-4)21-22-35(33)46-5/h7-22,24,28,34H,6,23,25-26H2,1-5H3,(H,38,42)/t28-,34-/m0/s1. The van der Waals surface area contributed by atoms with Gasteiger partial charge in [0.15, 0.2) is 0 Å². The summed E-state index contributed by atoms with van der Waals surface area (Å²) in [5.74, 6) is -0.258. The number of benzene rings is 4. The van der Waals surface area contributed by atoms with E-state index in [1.165, 1.54) is 37.3 Å². The molecule has 1 N–H and O–H groups in total. The average molecular weight is 658 g/mol. The van der Waals surface area contributed by atoms with Crippen LogP contribution in [0.1, 0.15) is 37.0 Å². The van der Waals surface area contributed by atoms with Crippen LogP contribution in [-0.2, 0) is 32.6 Å². The molecule has 0 aliphatic rings. The number of carbonyl (C=O) groups is 2. The molecule has 0 saturated heterocycles. The topological polar surface area (TPSA) is 105 Å². The molecule has 47 heavy (non-hydrogen) atoms. The maximum atomic E-state index is 14.7. The first-order valence-electron chi connectivity index (χ1n) is 15.6. The summed E-state index contributed by atoms with van der Waals surface area (Å²) in [5.41, 5.74) is 2.77. The fourth-order valence-corrected chi connectivity index (χ4v) is 6.63. The highest BCUT2D eigenvalue weighted by molar-refractivity contribution is 7.92. The third-order valence-electron chi connectivity index (χ3n) is 8.14. The van der Waals surface area contributed by atoms with Gasteiger partial charge in [-0.05, 0) is 61.2 Å². The van der Waals surface area contributed by atoms with Gasteiger partial charge in [0.2, 0.25) is 11.8 Å². The van der Waals surface area contributed by atoms with Crippen LogP contribution in [0.5, 0.6) is 11.5 Å². The number of nitrogens with zero attached hydrogens (tertiary/aromatic N) is 2. The zero-order valence-electron chi connectivity index (χ0n) is 27.6. The molecule has 0 bridgehead atoms. The molecule has 4 aromatic carbocycles. The van der Waals surface area contributed by atoms with Gasteiger partial charge in [-0.1, -0.05) is 79.7 Å². The van der Waals surface area contributed by atoms with Crippen molar-refractivity contribution in [2.75, 3.05) is 25.1 Å². The molecule has 0 saturated carbocycles. The van der Waals surface area contributed by atoms with Crippen LogP contribution in [0.3, 0.4) is 0 Å². The van der Waals surface area contributed by atoms with Gasteiger partial charge in [-0.15, -0.1) is 0 Å². The Morgan fingerprint density at radius 2 is 1.49 bits per heavy atom. The Balaban J connectivity index is 1.87. The zero-order valence-corrected chi connectivity index (χ0v) is 28.4.